The van der Waals surface area contributed by atoms with Gasteiger partial charge in [0.2, 0.25) is 0 Å². The van der Waals surface area contributed by atoms with Gasteiger partial charge in [0.15, 0.2) is 5.69 Å². The van der Waals surface area contributed by atoms with Gasteiger partial charge in [0.25, 0.3) is 0 Å². The molecule has 0 bridgehead atoms. The Bertz CT molecular complexity index is 620. The number of benzene rings is 1. The molecule has 1 unspecified atom stereocenters. The molecule has 2 rings (SSSR count). The molecule has 5 heteroatoms. The van der Waals surface area contributed by atoms with Crippen LogP contribution in [0.5, 0.6) is 0 Å². The number of pyridine rings is 1. The molecule has 3 N–H and O–H groups in total. The Hall–Kier alpha value is -1.56. The fraction of sp³-hybridized carbons (Fsp3) is 0.471. The number of fused-ring (bicyclic) bond motifs is 1. The normalized spacial score (nSPS) is 14.2. The van der Waals surface area contributed by atoms with Crippen LogP contribution in [0, 0.1) is 5.82 Å². The highest BCUT2D eigenvalue weighted by Crippen LogP contribution is 2.29. The summed E-state index contributed by atoms with van der Waals surface area (Å²) in [6.45, 7) is 3.36. The van der Waals surface area contributed by atoms with Gasteiger partial charge in [0.1, 0.15) is 18.9 Å². The zero-order chi connectivity index (χ0) is 16.0. The number of rotatable bonds is 8. The number of halogens is 1. The summed E-state index contributed by atoms with van der Waals surface area (Å²) in [6.07, 6.45) is 6.12. The minimum absolute atomic E-state index is 0.00921. The molecule has 0 aliphatic heterocycles. The molecule has 0 amide bonds. The van der Waals surface area contributed by atoms with E-state index in [0.717, 1.165) is 30.5 Å². The molecule has 0 aliphatic rings. The van der Waals surface area contributed by atoms with Crippen molar-refractivity contribution < 1.29 is 9.50 Å². The van der Waals surface area contributed by atoms with Crippen molar-refractivity contribution in [1.82, 2.24) is 9.58 Å². The summed E-state index contributed by atoms with van der Waals surface area (Å²) in [4.78, 5) is 4.22. The van der Waals surface area contributed by atoms with Crippen LogP contribution in [-0.4, -0.2) is 29.8 Å². The molecule has 0 spiro atoms. The Morgan fingerprint density at radius 2 is 2.00 bits per heavy atom. The van der Waals surface area contributed by atoms with E-state index in [2.05, 4.69) is 11.9 Å². The molecule has 0 radical (unpaired) electrons. The lowest BCUT2D eigenvalue weighted by molar-refractivity contribution is 0.198. The average Bonchev–Trinajstić information content (AvgIpc) is 2.51. The van der Waals surface area contributed by atoms with Gasteiger partial charge in [0.05, 0.1) is 17.5 Å². The van der Waals surface area contributed by atoms with Gasteiger partial charge in [0, 0.05) is 18.3 Å². The number of aromatic nitrogens is 1. The van der Waals surface area contributed by atoms with E-state index in [0.29, 0.717) is 12.1 Å². The fourth-order valence-electron chi connectivity index (χ4n) is 2.85. The lowest BCUT2D eigenvalue weighted by Crippen LogP contribution is -2.58. The highest BCUT2D eigenvalue weighted by molar-refractivity contribution is 5.90. The summed E-state index contributed by atoms with van der Waals surface area (Å²) in [6, 6.07) is 6.43. The molecule has 120 valence electrons. The molecule has 22 heavy (non-hydrogen) atoms. The first-order chi connectivity index (χ1) is 10.6. The van der Waals surface area contributed by atoms with E-state index < -0.39 is 0 Å². The number of unbranched alkanes of at least 4 members (excludes halogenated alkanes) is 3. The van der Waals surface area contributed by atoms with Crippen LogP contribution in [-0.2, 0) is 0 Å². The molecule has 2 aromatic rings. The highest BCUT2D eigenvalue weighted by atomic mass is 19.1. The lowest BCUT2D eigenvalue weighted by Gasteiger charge is -2.32. The Labute approximate surface area is 130 Å². The largest absolute Gasteiger partial charge is 0.390 e. The first-order valence-electron chi connectivity index (χ1n) is 7.92. The van der Waals surface area contributed by atoms with Crippen molar-refractivity contribution in [2.75, 3.05) is 19.7 Å². The van der Waals surface area contributed by atoms with E-state index in [-0.39, 0.29) is 17.0 Å². The van der Waals surface area contributed by atoms with Crippen LogP contribution < -0.4 is 10.4 Å². The van der Waals surface area contributed by atoms with Gasteiger partial charge in [-0.2, -0.15) is 5.84 Å². The van der Waals surface area contributed by atoms with Gasteiger partial charge in [-0.25, -0.2) is 8.98 Å². The van der Waals surface area contributed by atoms with Crippen molar-refractivity contribution in [3.63, 3.8) is 0 Å². The van der Waals surface area contributed by atoms with E-state index in [1.54, 1.807) is 12.3 Å². The first-order valence-corrected chi connectivity index (χ1v) is 7.92. The summed E-state index contributed by atoms with van der Waals surface area (Å²) in [5, 5.41) is 10.3. The average molecular weight is 306 g/mol. The van der Waals surface area contributed by atoms with E-state index in [1.165, 1.54) is 25.0 Å². The van der Waals surface area contributed by atoms with E-state index in [9.17, 15) is 9.50 Å². The number of quaternary nitrogens is 1. The smallest absolute Gasteiger partial charge is 0.163 e. The van der Waals surface area contributed by atoms with Crippen LogP contribution in [0.2, 0.25) is 0 Å². The summed E-state index contributed by atoms with van der Waals surface area (Å²) < 4.78 is 13.5. The van der Waals surface area contributed by atoms with Gasteiger partial charge in [-0.1, -0.05) is 19.8 Å². The van der Waals surface area contributed by atoms with Gasteiger partial charge in [-0.05, 0) is 25.0 Å². The molecule has 1 aromatic carbocycles. The van der Waals surface area contributed by atoms with Gasteiger partial charge in [-0.3, -0.25) is 4.98 Å². The summed E-state index contributed by atoms with van der Waals surface area (Å²) >= 11 is 0. The van der Waals surface area contributed by atoms with E-state index >= 15 is 0 Å². The van der Waals surface area contributed by atoms with Crippen molar-refractivity contribution in [2.45, 2.75) is 32.6 Å². The molecule has 0 aliphatic carbocycles. The maximum atomic E-state index is 13.4. The number of hydrogen-bond acceptors (Lipinski definition) is 3. The number of aliphatic hydroxyl groups is 1. The van der Waals surface area contributed by atoms with Gasteiger partial charge < -0.3 is 5.11 Å². The lowest BCUT2D eigenvalue weighted by atomic mass is 10.1. The summed E-state index contributed by atoms with van der Waals surface area (Å²) in [7, 11) is 0. The molecular formula is C17H25FN3O+. The van der Waals surface area contributed by atoms with E-state index in [1.807, 2.05) is 6.07 Å². The minimum Gasteiger partial charge on any atom is -0.390 e. The molecule has 1 aromatic heterocycles. The third-order valence-corrected chi connectivity index (χ3v) is 4.07. The predicted molar refractivity (Wildman–Crippen MR) is 88.6 cm³/mol. The monoisotopic (exact) mass is 306 g/mol. The maximum absolute atomic E-state index is 13.4. The number of hydrogen-bond donors (Lipinski definition) is 2. The SMILES string of the molecule is CCCCCC[N+](N)(CCO)c1ccnc2cc(F)ccc12. The van der Waals surface area contributed by atoms with Crippen LogP contribution in [0.15, 0.2) is 30.5 Å². The van der Waals surface area contributed by atoms with Crippen molar-refractivity contribution in [3.8, 4) is 0 Å². The molecule has 0 fully saturated rings. The summed E-state index contributed by atoms with van der Waals surface area (Å²) in [5.41, 5.74) is 1.48. The quantitative estimate of drug-likeness (QED) is 0.341. The summed E-state index contributed by atoms with van der Waals surface area (Å²) in [5.74, 6) is 6.26. The zero-order valence-corrected chi connectivity index (χ0v) is 13.1. The van der Waals surface area contributed by atoms with Gasteiger partial charge >= 0.3 is 0 Å². The molecule has 0 saturated heterocycles. The standard InChI is InChI=1S/C17H25FN3O/c1-2-3-4-5-10-21(19,11-12-22)17-8-9-20-16-13-14(18)6-7-15(16)17/h6-9,13,22H,2-5,10-12,19H2,1H3/q+1. The first kappa shape index (κ1) is 16.8. The van der Waals surface area contributed by atoms with Crippen molar-refractivity contribution in [2.24, 2.45) is 5.84 Å². The fourth-order valence-corrected chi connectivity index (χ4v) is 2.85. The molecule has 0 saturated carbocycles. The Morgan fingerprint density at radius 1 is 1.18 bits per heavy atom. The molecule has 1 heterocycles. The molecule has 1 atom stereocenters. The maximum Gasteiger partial charge on any atom is 0.163 e. The zero-order valence-electron chi connectivity index (χ0n) is 13.1. The second-order valence-corrected chi connectivity index (χ2v) is 5.76. The topological polar surface area (TPSA) is 59.1 Å². The Morgan fingerprint density at radius 3 is 2.73 bits per heavy atom. The number of aliphatic hydroxyl groups excluding tert-OH is 1. The van der Waals surface area contributed by atoms with Gasteiger partial charge in [-0.15, -0.1) is 0 Å². The van der Waals surface area contributed by atoms with Crippen molar-refractivity contribution in [3.05, 3.63) is 36.3 Å². The molecular weight excluding hydrogens is 281 g/mol. The predicted octanol–water partition coefficient (Wildman–Crippen LogP) is 3.13. The minimum atomic E-state index is -0.308. The van der Waals surface area contributed by atoms with Crippen LogP contribution in [0.25, 0.3) is 10.9 Å². The van der Waals surface area contributed by atoms with E-state index in [4.69, 9.17) is 5.84 Å². The third kappa shape index (κ3) is 3.80. The van der Waals surface area contributed by atoms with Crippen molar-refractivity contribution in [1.29, 1.82) is 0 Å². The third-order valence-electron chi connectivity index (χ3n) is 4.07. The van der Waals surface area contributed by atoms with Crippen molar-refractivity contribution >= 4 is 16.6 Å². The van der Waals surface area contributed by atoms with Crippen LogP contribution in [0.3, 0.4) is 0 Å². The number of nitrogens with zero attached hydrogens (tertiary/aromatic N) is 2. The Balaban J connectivity index is 2.35. The Kier molecular flexibility index (Phi) is 5.83. The van der Waals surface area contributed by atoms with Crippen LogP contribution in [0.1, 0.15) is 32.6 Å². The van der Waals surface area contributed by atoms with Crippen LogP contribution in [0.4, 0.5) is 10.1 Å². The van der Waals surface area contributed by atoms with Crippen LogP contribution >= 0.6 is 0 Å². The second kappa shape index (κ2) is 7.63. The highest BCUT2D eigenvalue weighted by Gasteiger charge is 2.28. The number of nitrogens with two attached hydrogens (primary N) is 1. The second-order valence-electron chi connectivity index (χ2n) is 5.76. The molecule has 4 nitrogen and oxygen atoms in total.